The van der Waals surface area contributed by atoms with E-state index in [1.54, 1.807) is 24.3 Å². The third kappa shape index (κ3) is 3.93. The number of benzene rings is 2. The van der Waals surface area contributed by atoms with E-state index in [0.29, 0.717) is 10.9 Å². The lowest BCUT2D eigenvalue weighted by Gasteiger charge is -2.08. The van der Waals surface area contributed by atoms with E-state index < -0.39 is 18.3 Å². The Kier molecular flexibility index (Phi) is 4.93. The minimum atomic E-state index is -0.784. The van der Waals surface area contributed by atoms with E-state index in [4.69, 9.17) is 4.74 Å². The lowest BCUT2D eigenvalue weighted by molar-refractivity contribution is 0.0326. The third-order valence-electron chi connectivity index (χ3n) is 4.20. The van der Waals surface area contributed by atoms with Crippen molar-refractivity contribution in [2.45, 2.75) is 13.3 Å². The molecule has 2 heterocycles. The molecule has 0 aliphatic heterocycles. The van der Waals surface area contributed by atoms with Gasteiger partial charge in [-0.3, -0.25) is 9.59 Å². The van der Waals surface area contributed by atoms with Crippen molar-refractivity contribution in [3.63, 3.8) is 0 Å². The Labute approximate surface area is 163 Å². The molecule has 0 atom stereocenters. The van der Waals surface area contributed by atoms with Crippen LogP contribution in [0, 0.1) is 0 Å². The number of rotatable bonds is 5. The van der Waals surface area contributed by atoms with Crippen LogP contribution in [0.2, 0.25) is 0 Å². The second-order valence-corrected chi connectivity index (χ2v) is 6.17. The summed E-state index contributed by atoms with van der Waals surface area (Å²) in [6.45, 7) is -0.203. The Bertz CT molecular complexity index is 1300. The molecule has 9 heteroatoms. The summed E-state index contributed by atoms with van der Waals surface area (Å²) in [6, 6.07) is 18.5. The van der Waals surface area contributed by atoms with Gasteiger partial charge in [0, 0.05) is 6.07 Å². The topological polar surface area (TPSA) is 109 Å². The van der Waals surface area contributed by atoms with E-state index in [1.807, 2.05) is 30.3 Å². The van der Waals surface area contributed by atoms with Crippen LogP contribution in [0.3, 0.4) is 0 Å². The predicted molar refractivity (Wildman–Crippen MR) is 103 cm³/mol. The van der Waals surface area contributed by atoms with Gasteiger partial charge < -0.3 is 4.74 Å². The van der Waals surface area contributed by atoms with Gasteiger partial charge in [0.1, 0.15) is 5.52 Å². The molecule has 29 heavy (non-hydrogen) atoms. The Hall–Kier alpha value is -4.14. The Morgan fingerprint density at radius 1 is 0.897 bits per heavy atom. The van der Waals surface area contributed by atoms with Gasteiger partial charge in [-0.2, -0.15) is 9.78 Å². The first-order valence-electron chi connectivity index (χ1n) is 8.73. The van der Waals surface area contributed by atoms with E-state index in [0.717, 1.165) is 10.2 Å². The van der Waals surface area contributed by atoms with Gasteiger partial charge in [-0.15, -0.1) is 5.10 Å². The zero-order chi connectivity index (χ0) is 20.2. The Morgan fingerprint density at radius 3 is 2.48 bits per heavy atom. The summed E-state index contributed by atoms with van der Waals surface area (Å²) < 4.78 is 7.25. The fourth-order valence-corrected chi connectivity index (χ4v) is 2.73. The molecule has 0 bridgehead atoms. The van der Waals surface area contributed by atoms with Crippen molar-refractivity contribution in [2.24, 2.45) is 0 Å². The molecule has 0 unspecified atom stereocenters. The average molecular weight is 389 g/mol. The van der Waals surface area contributed by atoms with E-state index in [-0.39, 0.29) is 17.8 Å². The highest BCUT2D eigenvalue weighted by molar-refractivity contribution is 5.86. The zero-order valence-electron chi connectivity index (χ0n) is 15.1. The van der Waals surface area contributed by atoms with Gasteiger partial charge in [0.05, 0.1) is 11.9 Å². The number of hydrogen-bond acceptors (Lipinski definition) is 7. The molecule has 0 saturated carbocycles. The van der Waals surface area contributed by atoms with Crippen LogP contribution in [0.15, 0.2) is 76.3 Å². The maximum Gasteiger partial charge on any atom is 0.360 e. The first-order valence-corrected chi connectivity index (χ1v) is 8.73. The highest BCUT2D eigenvalue weighted by atomic mass is 16.5. The predicted octanol–water partition coefficient (Wildman–Crippen LogP) is 1.21. The van der Waals surface area contributed by atoms with Gasteiger partial charge in [-0.25, -0.2) is 9.48 Å². The Morgan fingerprint density at radius 2 is 1.66 bits per heavy atom. The summed E-state index contributed by atoms with van der Waals surface area (Å²) in [5.74, 6) is -0.784. The SMILES string of the molecule is O=C(OCn1nnc2ccccc2c1=O)c1ccc(=O)n(Cc2ccccc2)n1. The monoisotopic (exact) mass is 389 g/mol. The highest BCUT2D eigenvalue weighted by Gasteiger charge is 2.13. The van der Waals surface area contributed by atoms with Crippen molar-refractivity contribution >= 4 is 16.9 Å². The normalized spacial score (nSPS) is 10.8. The summed E-state index contributed by atoms with van der Waals surface area (Å²) >= 11 is 0. The van der Waals surface area contributed by atoms with Crippen molar-refractivity contribution in [3.8, 4) is 0 Å². The van der Waals surface area contributed by atoms with Crippen LogP contribution < -0.4 is 11.1 Å². The van der Waals surface area contributed by atoms with Crippen LogP contribution in [0.25, 0.3) is 10.9 Å². The van der Waals surface area contributed by atoms with E-state index in [1.165, 1.54) is 16.8 Å². The summed E-state index contributed by atoms with van der Waals surface area (Å²) in [7, 11) is 0. The molecule has 0 amide bonds. The summed E-state index contributed by atoms with van der Waals surface area (Å²) in [6.07, 6.45) is 0. The average Bonchev–Trinajstić information content (AvgIpc) is 2.75. The van der Waals surface area contributed by atoms with Crippen molar-refractivity contribution in [3.05, 3.63) is 98.7 Å². The lowest BCUT2D eigenvalue weighted by Crippen LogP contribution is -2.28. The molecule has 0 N–H and O–H groups in total. The van der Waals surface area contributed by atoms with Crippen LogP contribution in [-0.4, -0.2) is 30.7 Å². The number of esters is 1. The molecule has 4 rings (SSSR count). The number of carbonyl (C=O) groups is 1. The van der Waals surface area contributed by atoms with Gasteiger partial charge in [0.25, 0.3) is 11.1 Å². The molecule has 9 nitrogen and oxygen atoms in total. The second-order valence-electron chi connectivity index (χ2n) is 6.17. The van der Waals surface area contributed by atoms with Crippen molar-refractivity contribution < 1.29 is 9.53 Å². The number of fused-ring (bicyclic) bond motifs is 1. The largest absolute Gasteiger partial charge is 0.437 e. The van der Waals surface area contributed by atoms with Crippen LogP contribution in [0.4, 0.5) is 0 Å². The first kappa shape index (κ1) is 18.2. The number of hydrogen-bond donors (Lipinski definition) is 0. The number of carbonyl (C=O) groups excluding carboxylic acids is 1. The minimum absolute atomic E-state index is 0.0534. The van der Waals surface area contributed by atoms with Crippen LogP contribution >= 0.6 is 0 Å². The smallest absolute Gasteiger partial charge is 0.360 e. The Balaban J connectivity index is 1.52. The van der Waals surface area contributed by atoms with Gasteiger partial charge in [0.2, 0.25) is 0 Å². The maximum atomic E-state index is 12.4. The minimum Gasteiger partial charge on any atom is -0.437 e. The molecule has 0 aliphatic carbocycles. The standard InChI is InChI=1S/C20H15N5O4/c26-18-11-10-17(22-24(18)12-14-6-2-1-3-7-14)20(28)29-13-25-19(27)15-8-4-5-9-16(15)21-23-25/h1-11H,12-13H2. The maximum absolute atomic E-state index is 12.4. The van der Waals surface area contributed by atoms with Crippen molar-refractivity contribution in [1.82, 2.24) is 24.8 Å². The van der Waals surface area contributed by atoms with Crippen LogP contribution in [0.1, 0.15) is 16.1 Å². The van der Waals surface area contributed by atoms with E-state index in [9.17, 15) is 14.4 Å². The van der Waals surface area contributed by atoms with Gasteiger partial charge in [-0.1, -0.05) is 47.7 Å². The number of aromatic nitrogens is 5. The van der Waals surface area contributed by atoms with Gasteiger partial charge in [0.15, 0.2) is 12.4 Å². The summed E-state index contributed by atoms with van der Waals surface area (Å²) in [5, 5.41) is 12.1. The molecule has 0 radical (unpaired) electrons. The highest BCUT2D eigenvalue weighted by Crippen LogP contribution is 2.04. The molecular weight excluding hydrogens is 374 g/mol. The molecule has 0 fully saturated rings. The first-order chi connectivity index (χ1) is 14.1. The summed E-state index contributed by atoms with van der Waals surface area (Å²) in [5.41, 5.74) is 0.495. The zero-order valence-corrected chi connectivity index (χ0v) is 15.1. The van der Waals surface area contributed by atoms with Gasteiger partial charge in [-0.05, 0) is 23.8 Å². The van der Waals surface area contributed by atoms with Crippen LogP contribution in [0.5, 0.6) is 0 Å². The molecule has 0 spiro atoms. The van der Waals surface area contributed by atoms with E-state index >= 15 is 0 Å². The lowest BCUT2D eigenvalue weighted by atomic mass is 10.2. The quantitative estimate of drug-likeness (QED) is 0.472. The molecule has 4 aromatic rings. The molecule has 0 saturated heterocycles. The summed E-state index contributed by atoms with van der Waals surface area (Å²) in [4.78, 5) is 36.8. The fraction of sp³-hybridized carbons (Fsp3) is 0.100. The van der Waals surface area contributed by atoms with Crippen molar-refractivity contribution in [1.29, 1.82) is 0 Å². The van der Waals surface area contributed by atoms with Gasteiger partial charge >= 0.3 is 5.97 Å². The number of nitrogens with zero attached hydrogens (tertiary/aromatic N) is 5. The molecule has 2 aromatic carbocycles. The van der Waals surface area contributed by atoms with Crippen molar-refractivity contribution in [2.75, 3.05) is 0 Å². The van der Waals surface area contributed by atoms with E-state index in [2.05, 4.69) is 15.4 Å². The second kappa shape index (κ2) is 7.85. The van der Waals surface area contributed by atoms with Crippen LogP contribution in [-0.2, 0) is 18.0 Å². The number of ether oxygens (including phenoxy) is 1. The fourth-order valence-electron chi connectivity index (χ4n) is 2.73. The molecule has 0 aliphatic rings. The third-order valence-corrected chi connectivity index (χ3v) is 4.20. The molecular formula is C20H15N5O4. The molecule has 2 aromatic heterocycles. The molecule has 144 valence electrons.